The fourth-order valence-corrected chi connectivity index (χ4v) is 1.38. The fraction of sp³-hybridized carbons (Fsp3) is 0.727. The third kappa shape index (κ3) is 3.32. The van der Waals surface area contributed by atoms with Gasteiger partial charge in [0.2, 0.25) is 0 Å². The van der Waals surface area contributed by atoms with Gasteiger partial charge in [-0.05, 0) is 26.8 Å². The first-order valence-corrected chi connectivity index (χ1v) is 5.23. The van der Waals surface area contributed by atoms with Crippen molar-refractivity contribution in [2.45, 2.75) is 32.4 Å². The van der Waals surface area contributed by atoms with Gasteiger partial charge in [-0.15, -0.1) is 0 Å². The molecular weight excluding hydrogens is 190 g/mol. The Bertz CT molecular complexity index is 307. The zero-order chi connectivity index (χ0) is 11.5. The lowest BCUT2D eigenvalue weighted by molar-refractivity contribution is 0.0212. The molecule has 0 aliphatic rings. The highest BCUT2D eigenvalue weighted by Gasteiger charge is 2.18. The molecule has 0 fully saturated rings. The summed E-state index contributed by atoms with van der Waals surface area (Å²) < 4.78 is 7.24. The third-order valence-electron chi connectivity index (χ3n) is 2.69. The lowest BCUT2D eigenvalue weighted by atomic mass is 10.1. The molecule has 1 atom stereocenters. The molecule has 0 aliphatic heterocycles. The summed E-state index contributed by atoms with van der Waals surface area (Å²) in [6.45, 7) is 7.07. The van der Waals surface area contributed by atoms with Crippen molar-refractivity contribution in [3.05, 3.63) is 18.0 Å². The van der Waals surface area contributed by atoms with Crippen molar-refractivity contribution in [2.24, 2.45) is 7.05 Å². The number of ether oxygens (including phenoxy) is 1. The van der Waals surface area contributed by atoms with Gasteiger partial charge in [0.15, 0.2) is 0 Å². The molecule has 0 saturated carbocycles. The Hall–Kier alpha value is -0.870. The molecule has 1 N–H and O–H groups in total. The topological polar surface area (TPSA) is 39.1 Å². The van der Waals surface area contributed by atoms with E-state index in [0.29, 0.717) is 0 Å². The average Bonchev–Trinajstić information content (AvgIpc) is 2.61. The number of rotatable bonds is 5. The molecule has 0 aromatic carbocycles. The van der Waals surface area contributed by atoms with Crippen molar-refractivity contribution in [2.75, 3.05) is 13.7 Å². The van der Waals surface area contributed by atoms with Crippen LogP contribution in [0.4, 0.5) is 0 Å². The predicted octanol–water partition coefficient (Wildman–Crippen LogP) is 1.50. The number of aromatic nitrogens is 2. The predicted molar refractivity (Wildman–Crippen MR) is 60.7 cm³/mol. The van der Waals surface area contributed by atoms with Gasteiger partial charge in [-0.2, -0.15) is 5.10 Å². The van der Waals surface area contributed by atoms with Gasteiger partial charge in [0.05, 0.1) is 11.3 Å². The van der Waals surface area contributed by atoms with Crippen molar-refractivity contribution >= 4 is 0 Å². The Balaban J connectivity index is 2.50. The highest BCUT2D eigenvalue weighted by molar-refractivity contribution is 5.05. The van der Waals surface area contributed by atoms with Gasteiger partial charge in [0.25, 0.3) is 0 Å². The molecule has 1 heterocycles. The van der Waals surface area contributed by atoms with Crippen LogP contribution in [0.15, 0.2) is 12.3 Å². The summed E-state index contributed by atoms with van der Waals surface area (Å²) in [5, 5.41) is 7.58. The monoisotopic (exact) mass is 211 g/mol. The molecule has 1 aromatic heterocycles. The first-order valence-electron chi connectivity index (χ1n) is 5.23. The number of hydrogen-bond donors (Lipinski definition) is 1. The van der Waals surface area contributed by atoms with Gasteiger partial charge in [-0.3, -0.25) is 4.68 Å². The van der Waals surface area contributed by atoms with E-state index in [4.69, 9.17) is 4.74 Å². The molecule has 0 radical (unpaired) electrons. The molecule has 0 aliphatic carbocycles. The molecule has 0 spiro atoms. The van der Waals surface area contributed by atoms with E-state index in [1.807, 2.05) is 24.0 Å². The van der Waals surface area contributed by atoms with E-state index >= 15 is 0 Å². The largest absolute Gasteiger partial charge is 0.377 e. The highest BCUT2D eigenvalue weighted by Crippen LogP contribution is 2.12. The molecule has 86 valence electrons. The molecule has 0 saturated heterocycles. The van der Waals surface area contributed by atoms with Crippen LogP contribution in [0.2, 0.25) is 0 Å². The first-order chi connectivity index (χ1) is 6.96. The summed E-state index contributed by atoms with van der Waals surface area (Å²) in [5.41, 5.74) is 1.05. The summed E-state index contributed by atoms with van der Waals surface area (Å²) in [6.07, 6.45) is 1.81. The Kier molecular flexibility index (Phi) is 3.88. The highest BCUT2D eigenvalue weighted by atomic mass is 16.5. The van der Waals surface area contributed by atoms with Gasteiger partial charge in [0, 0.05) is 32.9 Å². The van der Waals surface area contributed by atoms with E-state index in [-0.39, 0.29) is 11.6 Å². The second kappa shape index (κ2) is 4.77. The average molecular weight is 211 g/mol. The molecule has 4 nitrogen and oxygen atoms in total. The van der Waals surface area contributed by atoms with Crippen LogP contribution in [0.3, 0.4) is 0 Å². The van der Waals surface area contributed by atoms with Crippen molar-refractivity contribution < 1.29 is 4.74 Å². The minimum absolute atomic E-state index is 0.132. The molecular formula is C11H21N3O. The maximum absolute atomic E-state index is 5.35. The molecule has 1 rings (SSSR count). The van der Waals surface area contributed by atoms with Crippen LogP contribution in [0.5, 0.6) is 0 Å². The number of hydrogen-bond acceptors (Lipinski definition) is 3. The number of methoxy groups -OCH3 is 1. The number of nitrogens with zero attached hydrogens (tertiary/aromatic N) is 2. The normalized spacial score (nSPS) is 14.2. The Labute approximate surface area is 91.6 Å². The summed E-state index contributed by atoms with van der Waals surface area (Å²) >= 11 is 0. The molecule has 15 heavy (non-hydrogen) atoms. The molecule has 1 unspecified atom stereocenters. The molecule has 4 heteroatoms. The molecule has 0 amide bonds. The summed E-state index contributed by atoms with van der Waals surface area (Å²) in [4.78, 5) is 0. The Morgan fingerprint density at radius 1 is 1.60 bits per heavy atom. The smallest absolute Gasteiger partial charge is 0.0746 e. The van der Waals surface area contributed by atoms with Gasteiger partial charge in [0.1, 0.15) is 0 Å². The van der Waals surface area contributed by atoms with Gasteiger partial charge in [-0.25, -0.2) is 0 Å². The molecule has 0 bridgehead atoms. The van der Waals surface area contributed by atoms with Crippen LogP contribution < -0.4 is 5.32 Å². The SMILES string of the molecule is COC(C)(C)CNC(C)c1ccnn1C. The van der Waals surface area contributed by atoms with Crippen LogP contribution in [0.1, 0.15) is 32.5 Å². The Morgan fingerprint density at radius 3 is 2.73 bits per heavy atom. The second-order valence-corrected chi connectivity index (χ2v) is 4.45. The zero-order valence-corrected chi connectivity index (χ0v) is 10.2. The number of nitrogens with one attached hydrogen (secondary N) is 1. The minimum atomic E-state index is -0.132. The maximum atomic E-state index is 5.35. The van der Waals surface area contributed by atoms with Crippen LogP contribution in [-0.4, -0.2) is 29.0 Å². The van der Waals surface area contributed by atoms with E-state index in [1.54, 1.807) is 7.11 Å². The van der Waals surface area contributed by atoms with Crippen LogP contribution in [-0.2, 0) is 11.8 Å². The summed E-state index contributed by atoms with van der Waals surface area (Å²) in [7, 11) is 3.69. The lowest BCUT2D eigenvalue weighted by Gasteiger charge is -2.25. The summed E-state index contributed by atoms with van der Waals surface area (Å²) in [5.74, 6) is 0. The van der Waals surface area contributed by atoms with E-state index in [0.717, 1.165) is 6.54 Å². The van der Waals surface area contributed by atoms with E-state index in [9.17, 15) is 0 Å². The zero-order valence-electron chi connectivity index (χ0n) is 10.2. The van der Waals surface area contributed by atoms with E-state index in [1.165, 1.54) is 5.69 Å². The molecule has 1 aromatic rings. The van der Waals surface area contributed by atoms with E-state index in [2.05, 4.69) is 31.2 Å². The van der Waals surface area contributed by atoms with Crippen molar-refractivity contribution in [1.82, 2.24) is 15.1 Å². The second-order valence-electron chi connectivity index (χ2n) is 4.45. The van der Waals surface area contributed by atoms with Crippen molar-refractivity contribution in [1.29, 1.82) is 0 Å². The fourth-order valence-electron chi connectivity index (χ4n) is 1.38. The minimum Gasteiger partial charge on any atom is -0.377 e. The van der Waals surface area contributed by atoms with Crippen LogP contribution in [0.25, 0.3) is 0 Å². The maximum Gasteiger partial charge on any atom is 0.0746 e. The van der Waals surface area contributed by atoms with Gasteiger partial charge in [-0.1, -0.05) is 0 Å². The van der Waals surface area contributed by atoms with E-state index < -0.39 is 0 Å². The van der Waals surface area contributed by atoms with Gasteiger partial charge >= 0.3 is 0 Å². The van der Waals surface area contributed by atoms with Crippen LogP contribution in [0, 0.1) is 0 Å². The third-order valence-corrected chi connectivity index (χ3v) is 2.69. The number of aryl methyl sites for hydroxylation is 1. The summed E-state index contributed by atoms with van der Waals surface area (Å²) in [6, 6.07) is 2.31. The Morgan fingerprint density at radius 2 is 2.27 bits per heavy atom. The van der Waals surface area contributed by atoms with Crippen LogP contribution >= 0.6 is 0 Å². The standard InChI is InChI=1S/C11H21N3O/c1-9(10-6-7-13-14(10)4)12-8-11(2,3)15-5/h6-7,9,12H,8H2,1-5H3. The van der Waals surface area contributed by atoms with Gasteiger partial charge < -0.3 is 10.1 Å². The lowest BCUT2D eigenvalue weighted by Crippen LogP contribution is -2.38. The quantitative estimate of drug-likeness (QED) is 0.802. The first kappa shape index (κ1) is 12.2. The van der Waals surface area contributed by atoms with Crippen molar-refractivity contribution in [3.63, 3.8) is 0 Å². The van der Waals surface area contributed by atoms with Crippen molar-refractivity contribution in [3.8, 4) is 0 Å².